The highest BCUT2D eigenvalue weighted by atomic mass is 32.2. The first-order chi connectivity index (χ1) is 9.36. The molecule has 1 amide bonds. The molecule has 1 saturated heterocycles. The van der Waals surface area contributed by atoms with E-state index in [1.807, 2.05) is 0 Å². The first kappa shape index (κ1) is 17.4. The summed E-state index contributed by atoms with van der Waals surface area (Å²) in [6, 6.07) is 0. The van der Waals surface area contributed by atoms with Crippen molar-refractivity contribution in [2.75, 3.05) is 45.5 Å². The van der Waals surface area contributed by atoms with Crippen LogP contribution in [0.3, 0.4) is 0 Å². The molecule has 1 unspecified atom stereocenters. The molecule has 0 spiro atoms. The fourth-order valence-electron chi connectivity index (χ4n) is 2.29. The maximum Gasteiger partial charge on any atom is 0.240 e. The number of carbonyl (C=O) groups excluding carboxylic acids is 1. The molecular formula is C13H27N3O3S. The summed E-state index contributed by atoms with van der Waals surface area (Å²) >= 11 is 0. The number of rotatable bonds is 7. The van der Waals surface area contributed by atoms with E-state index in [0.29, 0.717) is 13.1 Å². The lowest BCUT2D eigenvalue weighted by Crippen LogP contribution is -2.52. The first-order valence-corrected chi connectivity index (χ1v) is 9.21. The van der Waals surface area contributed by atoms with Crippen molar-refractivity contribution < 1.29 is 13.2 Å². The monoisotopic (exact) mass is 305 g/mol. The van der Waals surface area contributed by atoms with Crippen molar-refractivity contribution >= 4 is 15.7 Å². The van der Waals surface area contributed by atoms with Gasteiger partial charge in [-0.15, -0.1) is 0 Å². The molecule has 0 aromatic heterocycles. The molecule has 118 valence electrons. The highest BCUT2D eigenvalue weighted by Gasteiger charge is 2.30. The van der Waals surface area contributed by atoms with Crippen LogP contribution in [0.4, 0.5) is 0 Å². The van der Waals surface area contributed by atoms with E-state index in [1.54, 1.807) is 4.90 Å². The van der Waals surface area contributed by atoms with Gasteiger partial charge in [0.15, 0.2) is 9.84 Å². The fourth-order valence-corrected chi connectivity index (χ4v) is 2.80. The van der Waals surface area contributed by atoms with Crippen LogP contribution in [0.5, 0.6) is 0 Å². The molecule has 1 fully saturated rings. The number of hydrogen-bond acceptors (Lipinski definition) is 5. The van der Waals surface area contributed by atoms with Crippen molar-refractivity contribution in [2.45, 2.75) is 31.4 Å². The van der Waals surface area contributed by atoms with Crippen LogP contribution in [0.2, 0.25) is 0 Å². The summed E-state index contributed by atoms with van der Waals surface area (Å²) in [6.45, 7) is 6.13. The zero-order chi connectivity index (χ0) is 15.2. The number of sulfone groups is 1. The topological polar surface area (TPSA) is 83.7 Å². The summed E-state index contributed by atoms with van der Waals surface area (Å²) in [4.78, 5) is 16.1. The first-order valence-electron chi connectivity index (χ1n) is 7.26. The van der Waals surface area contributed by atoms with Crippen LogP contribution in [-0.2, 0) is 14.6 Å². The van der Waals surface area contributed by atoms with E-state index >= 15 is 0 Å². The molecule has 0 bridgehead atoms. The van der Waals surface area contributed by atoms with Crippen LogP contribution in [0.15, 0.2) is 0 Å². The number of unbranched alkanes of at least 4 members (excludes halogenated alkanes) is 2. The van der Waals surface area contributed by atoms with Crippen LogP contribution in [0.25, 0.3) is 0 Å². The molecule has 6 nitrogen and oxygen atoms in total. The number of amides is 1. The molecule has 1 aliphatic rings. The minimum Gasteiger partial charge on any atom is -0.339 e. The van der Waals surface area contributed by atoms with Crippen LogP contribution < -0.4 is 5.73 Å². The minimum absolute atomic E-state index is 0.268. The summed E-state index contributed by atoms with van der Waals surface area (Å²) in [6.07, 6.45) is 4.44. The van der Waals surface area contributed by atoms with E-state index in [9.17, 15) is 13.2 Å². The van der Waals surface area contributed by atoms with E-state index in [1.165, 1.54) is 6.92 Å². The smallest absolute Gasteiger partial charge is 0.240 e. The van der Waals surface area contributed by atoms with Gasteiger partial charge in [0.25, 0.3) is 0 Å². The van der Waals surface area contributed by atoms with Gasteiger partial charge in [-0.1, -0.05) is 6.42 Å². The van der Waals surface area contributed by atoms with Gasteiger partial charge in [0.05, 0.1) is 0 Å². The molecule has 0 aromatic carbocycles. The molecule has 0 radical (unpaired) electrons. The Morgan fingerprint density at radius 3 is 2.25 bits per heavy atom. The number of hydrogen-bond donors (Lipinski definition) is 1. The molecule has 0 aromatic rings. The Hall–Kier alpha value is -0.660. The van der Waals surface area contributed by atoms with Gasteiger partial charge in [0.1, 0.15) is 5.25 Å². The van der Waals surface area contributed by atoms with Crippen molar-refractivity contribution in [3.05, 3.63) is 0 Å². The van der Waals surface area contributed by atoms with Crippen molar-refractivity contribution in [3.63, 3.8) is 0 Å². The second-order valence-corrected chi connectivity index (χ2v) is 7.85. The normalized spacial score (nSPS) is 19.1. The molecule has 0 saturated carbocycles. The van der Waals surface area contributed by atoms with Crippen LogP contribution >= 0.6 is 0 Å². The van der Waals surface area contributed by atoms with Crippen LogP contribution in [0, 0.1) is 0 Å². The Morgan fingerprint density at radius 1 is 1.15 bits per heavy atom. The summed E-state index contributed by atoms with van der Waals surface area (Å²) in [5.74, 6) is -0.268. The lowest BCUT2D eigenvalue weighted by atomic mass is 10.2. The standard InChI is InChI=1S/C13H27N3O3S/c1-12(20(2,18)19)13(17)16-10-8-15(9-11-16)7-5-3-4-6-14/h12H,3-11,14H2,1-2H3. The number of carbonyl (C=O) groups is 1. The zero-order valence-corrected chi connectivity index (χ0v) is 13.4. The second kappa shape index (κ2) is 7.95. The highest BCUT2D eigenvalue weighted by Crippen LogP contribution is 2.09. The molecular weight excluding hydrogens is 278 g/mol. The Morgan fingerprint density at radius 2 is 1.75 bits per heavy atom. The van der Waals surface area contributed by atoms with Crippen LogP contribution in [0.1, 0.15) is 26.2 Å². The average Bonchev–Trinajstić information content (AvgIpc) is 2.41. The average molecular weight is 305 g/mol. The molecule has 2 N–H and O–H groups in total. The summed E-state index contributed by atoms with van der Waals surface area (Å²) < 4.78 is 22.8. The van der Waals surface area contributed by atoms with Crippen molar-refractivity contribution in [1.82, 2.24) is 9.80 Å². The lowest BCUT2D eigenvalue weighted by Gasteiger charge is -2.35. The summed E-state index contributed by atoms with van der Waals surface area (Å²) in [5.41, 5.74) is 5.46. The van der Waals surface area contributed by atoms with Crippen molar-refractivity contribution in [2.24, 2.45) is 5.73 Å². The van der Waals surface area contributed by atoms with E-state index < -0.39 is 15.1 Å². The van der Waals surface area contributed by atoms with Crippen molar-refractivity contribution in [1.29, 1.82) is 0 Å². The SMILES string of the molecule is CC(C(=O)N1CCN(CCCCCN)CC1)S(C)(=O)=O. The zero-order valence-electron chi connectivity index (χ0n) is 12.5. The Labute approximate surface area is 122 Å². The maximum atomic E-state index is 12.1. The van der Waals surface area contributed by atoms with Crippen LogP contribution in [-0.4, -0.2) is 74.9 Å². The molecule has 20 heavy (non-hydrogen) atoms. The third kappa shape index (κ3) is 5.38. The van der Waals surface area contributed by atoms with Gasteiger partial charge in [-0.05, 0) is 32.9 Å². The quantitative estimate of drug-likeness (QED) is 0.653. The largest absolute Gasteiger partial charge is 0.339 e. The Bertz CT molecular complexity index is 403. The third-order valence-electron chi connectivity index (χ3n) is 3.85. The van der Waals surface area contributed by atoms with Gasteiger partial charge >= 0.3 is 0 Å². The van der Waals surface area contributed by atoms with Crippen molar-refractivity contribution in [3.8, 4) is 0 Å². The third-order valence-corrected chi connectivity index (χ3v) is 5.34. The van der Waals surface area contributed by atoms with E-state index in [0.717, 1.165) is 51.7 Å². The van der Waals surface area contributed by atoms with Gasteiger partial charge in [0, 0.05) is 32.4 Å². The Kier molecular flexibility index (Phi) is 6.91. The number of nitrogens with zero attached hydrogens (tertiary/aromatic N) is 2. The maximum absolute atomic E-state index is 12.1. The molecule has 1 rings (SSSR count). The van der Waals surface area contributed by atoms with Gasteiger partial charge < -0.3 is 10.6 Å². The van der Waals surface area contributed by atoms with E-state index in [-0.39, 0.29) is 5.91 Å². The van der Waals surface area contributed by atoms with Gasteiger partial charge in [-0.3, -0.25) is 9.69 Å². The van der Waals surface area contributed by atoms with E-state index in [2.05, 4.69) is 4.90 Å². The Balaban J connectivity index is 2.33. The summed E-state index contributed by atoms with van der Waals surface area (Å²) in [5, 5.41) is -0.932. The molecule has 1 atom stereocenters. The van der Waals surface area contributed by atoms with E-state index in [4.69, 9.17) is 5.73 Å². The van der Waals surface area contributed by atoms with Gasteiger partial charge in [-0.2, -0.15) is 0 Å². The second-order valence-electron chi connectivity index (χ2n) is 5.49. The number of nitrogens with two attached hydrogens (primary N) is 1. The molecule has 7 heteroatoms. The predicted molar refractivity (Wildman–Crippen MR) is 80.2 cm³/mol. The lowest BCUT2D eigenvalue weighted by molar-refractivity contribution is -0.132. The predicted octanol–water partition coefficient (Wildman–Crippen LogP) is -0.307. The van der Waals surface area contributed by atoms with Gasteiger partial charge in [-0.25, -0.2) is 8.42 Å². The molecule has 0 aliphatic carbocycles. The van der Waals surface area contributed by atoms with Gasteiger partial charge in [0.2, 0.25) is 5.91 Å². The summed E-state index contributed by atoms with van der Waals surface area (Å²) in [7, 11) is -3.30. The fraction of sp³-hybridized carbons (Fsp3) is 0.923. The number of piperazine rings is 1. The molecule has 1 aliphatic heterocycles. The minimum atomic E-state index is -3.30. The highest BCUT2D eigenvalue weighted by molar-refractivity contribution is 7.92. The molecule has 1 heterocycles.